The normalized spacial score (nSPS) is 10.7. The maximum absolute atomic E-state index is 7.50. The minimum atomic E-state index is -0.220. The van der Waals surface area contributed by atoms with Crippen molar-refractivity contribution in [3.8, 4) is 11.3 Å². The van der Waals surface area contributed by atoms with E-state index in [1.807, 2.05) is 6.07 Å². The van der Waals surface area contributed by atoms with Gasteiger partial charge in [0.1, 0.15) is 17.5 Å². The maximum atomic E-state index is 7.50. The van der Waals surface area contributed by atoms with Crippen molar-refractivity contribution >= 4 is 28.5 Å². The third-order valence-electron chi connectivity index (χ3n) is 2.79. The van der Waals surface area contributed by atoms with Gasteiger partial charge in [-0.05, 0) is 18.2 Å². The number of hydrogen-bond donors (Lipinski definition) is 3. The van der Waals surface area contributed by atoms with Gasteiger partial charge in [0.05, 0.1) is 22.6 Å². The maximum Gasteiger partial charge on any atom is 0.192 e. The lowest BCUT2D eigenvalue weighted by atomic mass is 10.1. The Kier molecular flexibility index (Phi) is 2.96. The summed E-state index contributed by atoms with van der Waals surface area (Å²) < 4.78 is 0. The van der Waals surface area contributed by atoms with Crippen molar-refractivity contribution in [2.45, 2.75) is 0 Å². The number of benzene rings is 1. The van der Waals surface area contributed by atoms with Crippen molar-refractivity contribution in [2.24, 2.45) is 5.11 Å². The first kappa shape index (κ1) is 12.4. The number of H-pyrrole nitrogens is 1. The van der Waals surface area contributed by atoms with E-state index in [1.165, 1.54) is 6.33 Å². The van der Waals surface area contributed by atoms with Gasteiger partial charge in [-0.25, -0.2) is 20.5 Å². The molecule has 0 amide bonds. The fourth-order valence-electron chi connectivity index (χ4n) is 1.86. The van der Waals surface area contributed by atoms with E-state index in [9.17, 15) is 0 Å². The summed E-state index contributed by atoms with van der Waals surface area (Å²) in [7, 11) is 0. The average molecular weight is 286 g/mol. The molecular formula is C12H8ClN7. The minimum absolute atomic E-state index is 0.220. The lowest BCUT2D eigenvalue weighted by Gasteiger charge is -2.04. The van der Waals surface area contributed by atoms with Crippen LogP contribution in [-0.2, 0) is 0 Å². The summed E-state index contributed by atoms with van der Waals surface area (Å²) in [6, 6.07) is 5.20. The first-order chi connectivity index (χ1) is 9.69. The second-order valence-electron chi connectivity index (χ2n) is 4.01. The van der Waals surface area contributed by atoms with Gasteiger partial charge < -0.3 is 4.98 Å². The van der Waals surface area contributed by atoms with Crippen LogP contribution in [0.15, 0.2) is 36.0 Å². The quantitative estimate of drug-likeness (QED) is 0.382. The Morgan fingerprint density at radius 2 is 2.05 bits per heavy atom. The molecule has 0 radical (unpaired) electrons. The van der Waals surface area contributed by atoms with E-state index in [1.54, 1.807) is 18.5 Å². The lowest BCUT2D eigenvalue weighted by molar-refractivity contribution is 1.10. The van der Waals surface area contributed by atoms with Gasteiger partial charge in [-0.1, -0.05) is 11.6 Å². The van der Waals surface area contributed by atoms with E-state index in [0.29, 0.717) is 16.2 Å². The van der Waals surface area contributed by atoms with Gasteiger partial charge in [0.2, 0.25) is 0 Å². The van der Waals surface area contributed by atoms with E-state index in [2.05, 4.69) is 25.1 Å². The van der Waals surface area contributed by atoms with Crippen molar-refractivity contribution in [1.29, 1.82) is 10.9 Å². The van der Waals surface area contributed by atoms with E-state index in [0.717, 1.165) is 11.1 Å². The fraction of sp³-hybridized carbons (Fsp3) is 0. The Balaban J connectivity index is 2.15. The highest BCUT2D eigenvalue weighted by molar-refractivity contribution is 6.35. The molecule has 0 aliphatic carbocycles. The lowest BCUT2D eigenvalue weighted by Crippen LogP contribution is -1.99. The van der Waals surface area contributed by atoms with Crippen LogP contribution in [0.1, 0.15) is 5.69 Å². The third-order valence-corrected chi connectivity index (χ3v) is 3.08. The highest BCUT2D eigenvalue weighted by Crippen LogP contribution is 2.28. The van der Waals surface area contributed by atoms with Crippen LogP contribution in [0.5, 0.6) is 0 Å². The van der Waals surface area contributed by atoms with Gasteiger partial charge in [-0.2, -0.15) is 0 Å². The molecule has 0 bridgehead atoms. The summed E-state index contributed by atoms with van der Waals surface area (Å²) in [5.74, 6) is -0.220. The molecular weight excluding hydrogens is 278 g/mol. The van der Waals surface area contributed by atoms with Gasteiger partial charge in [0.15, 0.2) is 5.84 Å². The molecule has 3 N–H and O–H groups in total. The molecule has 0 fully saturated rings. The third kappa shape index (κ3) is 2.04. The number of aromatic amines is 1. The van der Waals surface area contributed by atoms with Gasteiger partial charge in [-0.15, -0.1) is 5.11 Å². The summed E-state index contributed by atoms with van der Waals surface area (Å²) in [6.07, 6.45) is 2.90. The van der Waals surface area contributed by atoms with Crippen molar-refractivity contribution in [3.63, 3.8) is 0 Å². The number of nitrogens with zero attached hydrogens (tertiary/aromatic N) is 4. The smallest absolute Gasteiger partial charge is 0.192 e. The molecule has 1 aromatic carbocycles. The van der Waals surface area contributed by atoms with Crippen molar-refractivity contribution in [3.05, 3.63) is 41.6 Å². The predicted molar refractivity (Wildman–Crippen MR) is 74.1 cm³/mol. The Morgan fingerprint density at radius 1 is 1.20 bits per heavy atom. The molecule has 0 unspecified atom stereocenters. The molecule has 98 valence electrons. The molecule has 0 aliphatic heterocycles. The number of imidazole rings is 1. The molecule has 20 heavy (non-hydrogen) atoms. The Labute approximate surface area is 118 Å². The second-order valence-corrected chi connectivity index (χ2v) is 4.41. The van der Waals surface area contributed by atoms with Gasteiger partial charge in [-0.3, -0.25) is 5.41 Å². The number of halogens is 1. The topological polar surface area (TPSA) is 115 Å². The standard InChI is InChI=1S/C12H8ClN7/c13-7-1-6(2-9-11(7)19-5-17-9)8-3-10(12(14)20-15)18-4-16-8/h1-5,14-15H,(H,17,19). The van der Waals surface area contributed by atoms with Gasteiger partial charge >= 0.3 is 0 Å². The minimum Gasteiger partial charge on any atom is -0.345 e. The van der Waals surface area contributed by atoms with Gasteiger partial charge in [0.25, 0.3) is 0 Å². The highest BCUT2D eigenvalue weighted by atomic mass is 35.5. The molecule has 0 atom stereocenters. The number of amidine groups is 1. The Morgan fingerprint density at radius 3 is 2.85 bits per heavy atom. The van der Waals surface area contributed by atoms with Crippen molar-refractivity contribution in [1.82, 2.24) is 19.9 Å². The zero-order valence-electron chi connectivity index (χ0n) is 10.1. The molecule has 0 spiro atoms. The fourth-order valence-corrected chi connectivity index (χ4v) is 2.12. The number of nitrogens with one attached hydrogen (secondary N) is 3. The van der Waals surface area contributed by atoms with E-state index in [-0.39, 0.29) is 11.5 Å². The molecule has 0 saturated heterocycles. The van der Waals surface area contributed by atoms with Crippen LogP contribution in [0.4, 0.5) is 0 Å². The summed E-state index contributed by atoms with van der Waals surface area (Å²) >= 11 is 6.17. The summed E-state index contributed by atoms with van der Waals surface area (Å²) in [4.78, 5) is 15.2. The van der Waals surface area contributed by atoms with E-state index >= 15 is 0 Å². The summed E-state index contributed by atoms with van der Waals surface area (Å²) in [6.45, 7) is 0. The number of fused-ring (bicyclic) bond motifs is 1. The SMILES string of the molecule is N=NC(=N)c1cc(-c2cc(Cl)c3nc[nH]c3c2)ncn1. The molecule has 0 saturated carbocycles. The molecule has 3 rings (SSSR count). The molecule has 2 heterocycles. The molecule has 0 aliphatic rings. The number of hydrogen-bond acceptors (Lipinski definition) is 5. The largest absolute Gasteiger partial charge is 0.345 e. The summed E-state index contributed by atoms with van der Waals surface area (Å²) in [5, 5.41) is 11.1. The monoisotopic (exact) mass is 285 g/mol. The van der Waals surface area contributed by atoms with Crippen LogP contribution in [0, 0.1) is 10.9 Å². The number of rotatable bonds is 2. The summed E-state index contributed by atoms with van der Waals surface area (Å²) in [5.41, 5.74) is 9.99. The van der Waals surface area contributed by atoms with Crippen LogP contribution in [0.2, 0.25) is 5.02 Å². The predicted octanol–water partition coefficient (Wildman–Crippen LogP) is 3.03. The second kappa shape index (κ2) is 4.78. The van der Waals surface area contributed by atoms with E-state index < -0.39 is 0 Å². The molecule has 2 aromatic heterocycles. The zero-order chi connectivity index (χ0) is 14.1. The molecule has 7 nitrogen and oxygen atoms in total. The molecule has 3 aromatic rings. The first-order valence-electron chi connectivity index (χ1n) is 5.60. The van der Waals surface area contributed by atoms with Crippen LogP contribution in [0.25, 0.3) is 22.3 Å². The van der Waals surface area contributed by atoms with Crippen molar-refractivity contribution in [2.75, 3.05) is 0 Å². The Hall–Kier alpha value is -2.67. The van der Waals surface area contributed by atoms with Gasteiger partial charge in [0, 0.05) is 5.56 Å². The van der Waals surface area contributed by atoms with Crippen LogP contribution in [-0.4, -0.2) is 25.8 Å². The number of aromatic nitrogens is 4. The highest BCUT2D eigenvalue weighted by Gasteiger charge is 2.09. The first-order valence-corrected chi connectivity index (χ1v) is 5.98. The van der Waals surface area contributed by atoms with Crippen LogP contribution < -0.4 is 0 Å². The van der Waals surface area contributed by atoms with Crippen molar-refractivity contribution < 1.29 is 0 Å². The molecule has 8 heteroatoms. The average Bonchev–Trinajstić information content (AvgIpc) is 2.95. The van der Waals surface area contributed by atoms with Crippen LogP contribution in [0.3, 0.4) is 0 Å². The zero-order valence-corrected chi connectivity index (χ0v) is 10.8. The van der Waals surface area contributed by atoms with Crippen LogP contribution >= 0.6 is 11.6 Å². The van der Waals surface area contributed by atoms with E-state index in [4.69, 9.17) is 22.5 Å². The Bertz CT molecular complexity index is 824.